The number of benzene rings is 1. The number of alkyl halides is 3. The van der Waals surface area contributed by atoms with Crippen LogP contribution in [0.3, 0.4) is 0 Å². The zero-order valence-corrected chi connectivity index (χ0v) is 22.3. The molecule has 11 heteroatoms. The highest BCUT2D eigenvalue weighted by Crippen LogP contribution is 2.43. The molecule has 1 aromatic heterocycles. The molecule has 1 N–H and O–H groups in total. The minimum Gasteiger partial charge on any atom is -0.349 e. The third-order valence-electron chi connectivity index (χ3n) is 8.46. The average molecular weight is 550 g/mol. The highest BCUT2D eigenvalue weighted by Gasteiger charge is 2.43. The number of piperidine rings is 1. The maximum Gasteiger partial charge on any atom is 0.397 e. The van der Waals surface area contributed by atoms with E-state index in [1.54, 1.807) is 6.07 Å². The number of aryl methyl sites for hydroxylation is 1. The van der Waals surface area contributed by atoms with Gasteiger partial charge in [0.1, 0.15) is 18.1 Å². The van der Waals surface area contributed by atoms with Crippen LogP contribution in [0.25, 0.3) is 0 Å². The number of fused-ring (bicyclic) bond motifs is 3. The minimum absolute atomic E-state index is 0.119. The van der Waals surface area contributed by atoms with Crippen molar-refractivity contribution in [3.8, 4) is 0 Å². The summed E-state index contributed by atoms with van der Waals surface area (Å²) < 4.78 is 54.3. The van der Waals surface area contributed by atoms with Gasteiger partial charge in [-0.05, 0) is 56.7 Å². The number of carbonyl (C=O) groups is 2. The maximum absolute atomic E-state index is 13.9. The van der Waals surface area contributed by atoms with Gasteiger partial charge >= 0.3 is 6.18 Å². The molecule has 2 aromatic rings. The second-order valence-corrected chi connectivity index (χ2v) is 11.1. The summed E-state index contributed by atoms with van der Waals surface area (Å²) in [4.78, 5) is 32.5. The molecule has 2 amide bonds. The minimum atomic E-state index is -4.51. The van der Waals surface area contributed by atoms with E-state index >= 15 is 0 Å². The summed E-state index contributed by atoms with van der Waals surface area (Å²) in [5.41, 5.74) is 2.51. The zero-order chi connectivity index (χ0) is 27.9. The predicted molar refractivity (Wildman–Crippen MR) is 136 cm³/mol. The van der Waals surface area contributed by atoms with Crippen molar-refractivity contribution in [3.05, 3.63) is 52.9 Å². The number of hydrogen-bond acceptors (Lipinski definition) is 4. The molecule has 0 radical (unpaired) electrons. The molecule has 2 saturated heterocycles. The number of rotatable bonds is 7. The van der Waals surface area contributed by atoms with Crippen LogP contribution in [0.5, 0.6) is 0 Å². The Morgan fingerprint density at radius 2 is 1.87 bits per heavy atom. The van der Waals surface area contributed by atoms with E-state index in [-0.39, 0.29) is 36.9 Å². The van der Waals surface area contributed by atoms with Gasteiger partial charge in [-0.2, -0.15) is 13.2 Å². The first-order valence-corrected chi connectivity index (χ1v) is 13.7. The standard InChI is InChI=1S/C28H35F4N5O2/c1-17-33-25-16-35(27(39)15-28(30,31)32)10-9-26(25)37(17)23-13-21-6-7-22(14-23)36(21)11-8-24(34-18(2)38)19-4-3-5-20(29)12-19/h3-5,12,21-24H,6-11,13-16H2,1-2H3,(H,34,38)/t21-,22+,23+,24-/m0/s1. The molecule has 2 bridgehead atoms. The van der Waals surface area contributed by atoms with Gasteiger partial charge in [-0.3, -0.25) is 14.5 Å². The fourth-order valence-electron chi connectivity index (χ4n) is 6.91. The van der Waals surface area contributed by atoms with Crippen LogP contribution >= 0.6 is 0 Å². The first kappa shape index (κ1) is 27.6. The summed E-state index contributed by atoms with van der Waals surface area (Å²) in [6, 6.07) is 7.12. The fourth-order valence-corrected chi connectivity index (χ4v) is 6.91. The van der Waals surface area contributed by atoms with E-state index in [9.17, 15) is 27.2 Å². The number of amides is 2. The van der Waals surface area contributed by atoms with E-state index < -0.39 is 18.5 Å². The molecule has 39 heavy (non-hydrogen) atoms. The first-order valence-electron chi connectivity index (χ1n) is 13.7. The van der Waals surface area contributed by atoms with Crippen molar-refractivity contribution in [3.63, 3.8) is 0 Å². The van der Waals surface area contributed by atoms with Gasteiger partial charge < -0.3 is 14.8 Å². The molecule has 0 unspecified atom stereocenters. The summed E-state index contributed by atoms with van der Waals surface area (Å²) in [6.45, 7) is 4.59. The second-order valence-electron chi connectivity index (χ2n) is 11.1. The van der Waals surface area contributed by atoms with E-state index in [4.69, 9.17) is 0 Å². The lowest BCUT2D eigenvalue weighted by Crippen LogP contribution is -2.45. The Bertz CT molecular complexity index is 1220. The van der Waals surface area contributed by atoms with Gasteiger partial charge in [0.15, 0.2) is 0 Å². The summed E-state index contributed by atoms with van der Waals surface area (Å²) in [5, 5.41) is 2.97. The number of nitrogens with one attached hydrogen (secondary N) is 1. The Morgan fingerprint density at radius 1 is 1.15 bits per heavy atom. The molecule has 0 aliphatic carbocycles. The van der Waals surface area contributed by atoms with Crippen molar-refractivity contribution in [2.24, 2.45) is 0 Å². The molecule has 7 nitrogen and oxygen atoms in total. The van der Waals surface area contributed by atoms with Gasteiger partial charge in [-0.1, -0.05) is 12.1 Å². The van der Waals surface area contributed by atoms with Crippen LogP contribution < -0.4 is 5.32 Å². The summed E-state index contributed by atoms with van der Waals surface area (Å²) in [6.07, 6.45) is -0.707. The normalized spacial score (nSPS) is 23.9. The Balaban J connectivity index is 1.25. The largest absolute Gasteiger partial charge is 0.397 e. The SMILES string of the molecule is CC(=O)N[C@@H](CCN1[C@@H]2CC[C@H]1C[C@@H](n1c(C)nc3c1CCN(C(=O)CC(F)(F)F)C3)C2)c1cccc(F)c1. The lowest BCUT2D eigenvalue weighted by Gasteiger charge is -2.41. The highest BCUT2D eigenvalue weighted by atomic mass is 19.4. The van der Waals surface area contributed by atoms with E-state index in [0.29, 0.717) is 30.6 Å². The van der Waals surface area contributed by atoms with Crippen LogP contribution in [0.4, 0.5) is 17.6 Å². The maximum atomic E-state index is 13.9. The van der Waals surface area contributed by atoms with Gasteiger partial charge in [0, 0.05) is 50.3 Å². The molecular formula is C28H35F4N5O2. The molecule has 5 rings (SSSR count). The average Bonchev–Trinajstić information content (AvgIpc) is 3.30. The number of aromatic nitrogens is 2. The van der Waals surface area contributed by atoms with Crippen LogP contribution in [0, 0.1) is 12.7 Å². The predicted octanol–water partition coefficient (Wildman–Crippen LogP) is 4.60. The third kappa shape index (κ3) is 6.13. The third-order valence-corrected chi connectivity index (χ3v) is 8.46. The van der Waals surface area contributed by atoms with Gasteiger partial charge in [0.25, 0.3) is 0 Å². The zero-order valence-electron chi connectivity index (χ0n) is 22.3. The van der Waals surface area contributed by atoms with E-state index in [2.05, 4.69) is 19.8 Å². The Labute approximate surface area is 225 Å². The van der Waals surface area contributed by atoms with Crippen molar-refractivity contribution in [2.75, 3.05) is 13.1 Å². The van der Waals surface area contributed by atoms with Crippen molar-refractivity contribution < 1.29 is 27.2 Å². The molecule has 4 heterocycles. The summed E-state index contributed by atoms with van der Waals surface area (Å²) >= 11 is 0. The monoisotopic (exact) mass is 549 g/mol. The lowest BCUT2D eigenvalue weighted by atomic mass is 9.94. The van der Waals surface area contributed by atoms with Crippen molar-refractivity contribution >= 4 is 11.8 Å². The van der Waals surface area contributed by atoms with Crippen molar-refractivity contribution in [1.29, 1.82) is 0 Å². The van der Waals surface area contributed by atoms with Crippen LogP contribution in [0.1, 0.15) is 80.3 Å². The van der Waals surface area contributed by atoms with Crippen LogP contribution in [-0.2, 0) is 22.6 Å². The van der Waals surface area contributed by atoms with Crippen LogP contribution in [0.2, 0.25) is 0 Å². The molecule has 1 aromatic carbocycles. The molecular weight excluding hydrogens is 514 g/mol. The fraction of sp³-hybridized carbons (Fsp3) is 0.607. The second kappa shape index (κ2) is 10.9. The molecule has 3 aliphatic heterocycles. The highest BCUT2D eigenvalue weighted by molar-refractivity contribution is 5.77. The van der Waals surface area contributed by atoms with Crippen LogP contribution in [0.15, 0.2) is 24.3 Å². The van der Waals surface area contributed by atoms with Gasteiger partial charge in [0.2, 0.25) is 11.8 Å². The Kier molecular flexibility index (Phi) is 7.72. The molecule has 0 spiro atoms. The number of nitrogens with zero attached hydrogens (tertiary/aromatic N) is 4. The van der Waals surface area contributed by atoms with E-state index in [1.807, 2.05) is 13.0 Å². The number of imidazole rings is 1. The molecule has 2 fully saturated rings. The van der Waals surface area contributed by atoms with Crippen LogP contribution in [-0.4, -0.2) is 62.5 Å². The number of carbonyl (C=O) groups excluding carboxylic acids is 2. The van der Waals surface area contributed by atoms with Gasteiger partial charge in [0.05, 0.1) is 18.3 Å². The smallest absolute Gasteiger partial charge is 0.349 e. The van der Waals surface area contributed by atoms with Crippen molar-refractivity contribution in [1.82, 2.24) is 24.7 Å². The summed E-state index contributed by atoms with van der Waals surface area (Å²) in [7, 11) is 0. The Morgan fingerprint density at radius 3 is 2.51 bits per heavy atom. The molecule has 212 valence electrons. The lowest BCUT2D eigenvalue weighted by molar-refractivity contribution is -0.162. The molecule has 0 saturated carbocycles. The van der Waals surface area contributed by atoms with E-state index in [0.717, 1.165) is 49.3 Å². The summed E-state index contributed by atoms with van der Waals surface area (Å²) in [5.74, 6) is -0.525. The van der Waals surface area contributed by atoms with Crippen molar-refractivity contribution in [2.45, 2.75) is 95.7 Å². The van der Waals surface area contributed by atoms with Gasteiger partial charge in [-0.15, -0.1) is 0 Å². The molecule has 4 atom stereocenters. The number of halogens is 4. The quantitative estimate of drug-likeness (QED) is 0.513. The van der Waals surface area contributed by atoms with E-state index in [1.165, 1.54) is 24.0 Å². The molecule has 3 aliphatic rings. The van der Waals surface area contributed by atoms with Gasteiger partial charge in [-0.25, -0.2) is 9.37 Å². The first-order chi connectivity index (χ1) is 18.5. The topological polar surface area (TPSA) is 70.5 Å². The number of hydrogen-bond donors (Lipinski definition) is 1. The Hall–Kier alpha value is -2.95.